The molecule has 15 heavy (non-hydrogen) atoms. The van der Waals surface area contributed by atoms with Gasteiger partial charge in [-0.2, -0.15) is 0 Å². The number of amides is 1. The van der Waals surface area contributed by atoms with Crippen molar-refractivity contribution in [1.82, 2.24) is 10.6 Å². The Balaban J connectivity index is 3.70. The Labute approximate surface area is 92.8 Å². The van der Waals surface area contributed by atoms with Crippen LogP contribution in [0.3, 0.4) is 0 Å². The number of hydrogen-bond donors (Lipinski definition) is 2. The molecular weight excluding hydrogens is 192 g/mol. The number of hydrogen-bond acceptors (Lipinski definition) is 3. The molecule has 1 amide bonds. The van der Waals surface area contributed by atoms with E-state index in [4.69, 9.17) is 4.74 Å². The maximum Gasteiger partial charge on any atom is 0.221 e. The van der Waals surface area contributed by atoms with Gasteiger partial charge in [0.15, 0.2) is 0 Å². The van der Waals surface area contributed by atoms with Crippen LogP contribution in [0.4, 0.5) is 0 Å². The van der Waals surface area contributed by atoms with Crippen LogP contribution in [0.25, 0.3) is 0 Å². The molecule has 1 atom stereocenters. The molecule has 4 heteroatoms. The lowest BCUT2D eigenvalue weighted by Gasteiger charge is -2.21. The SMILES string of the molecule is CCOCC(NCCC(=O)NC)C(C)C. The quantitative estimate of drug-likeness (QED) is 0.630. The Morgan fingerprint density at radius 2 is 2.07 bits per heavy atom. The number of carbonyl (C=O) groups is 1. The van der Waals surface area contributed by atoms with E-state index in [9.17, 15) is 4.79 Å². The van der Waals surface area contributed by atoms with Crippen molar-refractivity contribution >= 4 is 5.91 Å². The van der Waals surface area contributed by atoms with Gasteiger partial charge in [0.1, 0.15) is 0 Å². The summed E-state index contributed by atoms with van der Waals surface area (Å²) in [5.74, 6) is 0.586. The van der Waals surface area contributed by atoms with E-state index < -0.39 is 0 Å². The highest BCUT2D eigenvalue weighted by molar-refractivity contribution is 5.75. The van der Waals surface area contributed by atoms with Gasteiger partial charge in [0.2, 0.25) is 5.91 Å². The fraction of sp³-hybridized carbons (Fsp3) is 0.909. The summed E-state index contributed by atoms with van der Waals surface area (Å²) in [6.45, 7) is 8.44. The van der Waals surface area contributed by atoms with Crippen molar-refractivity contribution in [2.75, 3.05) is 26.8 Å². The van der Waals surface area contributed by atoms with E-state index in [0.29, 0.717) is 31.5 Å². The molecule has 0 heterocycles. The van der Waals surface area contributed by atoms with Gasteiger partial charge in [-0.1, -0.05) is 13.8 Å². The first kappa shape index (κ1) is 14.4. The molecule has 0 rings (SSSR count). The molecule has 2 N–H and O–H groups in total. The summed E-state index contributed by atoms with van der Waals surface area (Å²) in [6.07, 6.45) is 0.520. The van der Waals surface area contributed by atoms with Crippen LogP contribution in [-0.2, 0) is 9.53 Å². The summed E-state index contributed by atoms with van der Waals surface area (Å²) in [4.78, 5) is 11.0. The average Bonchev–Trinajstić information content (AvgIpc) is 2.22. The number of ether oxygens (including phenoxy) is 1. The zero-order chi connectivity index (χ0) is 11.7. The van der Waals surface area contributed by atoms with Crippen LogP contribution < -0.4 is 10.6 Å². The van der Waals surface area contributed by atoms with Gasteiger partial charge in [-0.15, -0.1) is 0 Å². The van der Waals surface area contributed by atoms with E-state index in [1.165, 1.54) is 0 Å². The highest BCUT2D eigenvalue weighted by Gasteiger charge is 2.12. The van der Waals surface area contributed by atoms with Crippen LogP contribution in [-0.4, -0.2) is 38.8 Å². The monoisotopic (exact) mass is 216 g/mol. The van der Waals surface area contributed by atoms with E-state index in [2.05, 4.69) is 24.5 Å². The highest BCUT2D eigenvalue weighted by atomic mass is 16.5. The van der Waals surface area contributed by atoms with Crippen molar-refractivity contribution in [3.63, 3.8) is 0 Å². The predicted molar refractivity (Wildman–Crippen MR) is 61.8 cm³/mol. The van der Waals surface area contributed by atoms with Crippen molar-refractivity contribution in [1.29, 1.82) is 0 Å². The van der Waals surface area contributed by atoms with Crippen molar-refractivity contribution < 1.29 is 9.53 Å². The zero-order valence-corrected chi connectivity index (χ0v) is 10.3. The molecule has 0 aliphatic rings. The fourth-order valence-electron chi connectivity index (χ4n) is 1.23. The molecule has 0 fully saturated rings. The first-order valence-corrected chi connectivity index (χ1v) is 5.63. The van der Waals surface area contributed by atoms with Gasteiger partial charge in [0, 0.05) is 32.7 Å². The van der Waals surface area contributed by atoms with Gasteiger partial charge in [-0.25, -0.2) is 0 Å². The number of carbonyl (C=O) groups excluding carboxylic acids is 1. The molecule has 4 nitrogen and oxygen atoms in total. The summed E-state index contributed by atoms with van der Waals surface area (Å²) >= 11 is 0. The molecule has 1 unspecified atom stereocenters. The first-order chi connectivity index (χ1) is 7.11. The Hall–Kier alpha value is -0.610. The standard InChI is InChI=1S/C11H24N2O2/c1-5-15-8-10(9(2)3)13-7-6-11(14)12-4/h9-10,13H,5-8H2,1-4H3,(H,12,14). The third-order valence-corrected chi connectivity index (χ3v) is 2.34. The van der Waals surface area contributed by atoms with Crippen LogP contribution in [0.5, 0.6) is 0 Å². The molecule has 0 saturated carbocycles. The Bertz CT molecular complexity index is 172. The molecule has 0 aliphatic carbocycles. The first-order valence-electron chi connectivity index (χ1n) is 5.63. The van der Waals surface area contributed by atoms with Crippen LogP contribution in [0.1, 0.15) is 27.2 Å². The molecular formula is C11H24N2O2. The van der Waals surface area contributed by atoms with E-state index in [1.807, 2.05) is 6.92 Å². The molecule has 0 aromatic carbocycles. The molecule has 0 bridgehead atoms. The Kier molecular flexibility index (Phi) is 8.33. The minimum atomic E-state index is 0.0708. The van der Waals surface area contributed by atoms with E-state index in [-0.39, 0.29) is 5.91 Å². The largest absolute Gasteiger partial charge is 0.380 e. The van der Waals surface area contributed by atoms with Crippen molar-refractivity contribution in [3.8, 4) is 0 Å². The van der Waals surface area contributed by atoms with Crippen molar-refractivity contribution in [3.05, 3.63) is 0 Å². The lowest BCUT2D eigenvalue weighted by Crippen LogP contribution is -2.39. The molecule has 0 aliphatic heterocycles. The van der Waals surface area contributed by atoms with Gasteiger partial charge >= 0.3 is 0 Å². The minimum absolute atomic E-state index is 0.0708. The maximum atomic E-state index is 11.0. The lowest BCUT2D eigenvalue weighted by atomic mass is 10.1. The molecule has 0 radical (unpaired) electrons. The summed E-state index contributed by atoms with van der Waals surface area (Å²) in [6, 6.07) is 0.328. The topological polar surface area (TPSA) is 50.4 Å². The van der Waals surface area contributed by atoms with E-state index >= 15 is 0 Å². The smallest absolute Gasteiger partial charge is 0.221 e. The Morgan fingerprint density at radius 1 is 1.40 bits per heavy atom. The molecule has 0 aromatic rings. The van der Waals surface area contributed by atoms with Gasteiger partial charge < -0.3 is 15.4 Å². The van der Waals surface area contributed by atoms with Gasteiger partial charge in [0.05, 0.1) is 6.61 Å². The predicted octanol–water partition coefficient (Wildman–Crippen LogP) is 0.773. The van der Waals surface area contributed by atoms with Crippen molar-refractivity contribution in [2.45, 2.75) is 33.2 Å². The maximum absolute atomic E-state index is 11.0. The summed E-state index contributed by atoms with van der Waals surface area (Å²) < 4.78 is 5.38. The lowest BCUT2D eigenvalue weighted by molar-refractivity contribution is -0.120. The highest BCUT2D eigenvalue weighted by Crippen LogP contribution is 2.02. The zero-order valence-electron chi connectivity index (χ0n) is 10.3. The summed E-state index contributed by atoms with van der Waals surface area (Å²) in [5, 5.41) is 5.93. The molecule has 0 aromatic heterocycles. The number of rotatable bonds is 8. The Morgan fingerprint density at radius 3 is 2.53 bits per heavy atom. The number of nitrogens with one attached hydrogen (secondary N) is 2. The third-order valence-electron chi connectivity index (χ3n) is 2.34. The minimum Gasteiger partial charge on any atom is -0.380 e. The van der Waals surface area contributed by atoms with Crippen LogP contribution in [0.2, 0.25) is 0 Å². The van der Waals surface area contributed by atoms with Crippen LogP contribution in [0, 0.1) is 5.92 Å². The second kappa shape index (κ2) is 8.68. The molecule has 0 saturated heterocycles. The van der Waals surface area contributed by atoms with E-state index in [0.717, 1.165) is 6.61 Å². The second-order valence-electron chi connectivity index (χ2n) is 3.89. The van der Waals surface area contributed by atoms with E-state index in [1.54, 1.807) is 7.05 Å². The molecule has 90 valence electrons. The normalized spacial score (nSPS) is 12.9. The van der Waals surface area contributed by atoms with Gasteiger partial charge in [-0.05, 0) is 12.8 Å². The van der Waals surface area contributed by atoms with Crippen LogP contribution >= 0.6 is 0 Å². The summed E-state index contributed by atoms with van der Waals surface area (Å²) in [5.41, 5.74) is 0. The van der Waals surface area contributed by atoms with Crippen LogP contribution in [0.15, 0.2) is 0 Å². The molecule has 0 spiro atoms. The van der Waals surface area contributed by atoms with Gasteiger partial charge in [-0.3, -0.25) is 4.79 Å². The second-order valence-corrected chi connectivity index (χ2v) is 3.89. The summed E-state index contributed by atoms with van der Waals surface area (Å²) in [7, 11) is 1.66. The van der Waals surface area contributed by atoms with Gasteiger partial charge in [0.25, 0.3) is 0 Å². The third kappa shape index (κ3) is 7.33. The average molecular weight is 216 g/mol. The van der Waals surface area contributed by atoms with Crippen molar-refractivity contribution in [2.24, 2.45) is 5.92 Å². The fourth-order valence-corrected chi connectivity index (χ4v) is 1.23.